The molecule has 0 atom stereocenters. The number of methoxy groups -OCH3 is 2. The van der Waals surface area contributed by atoms with E-state index in [0.29, 0.717) is 89.8 Å². The van der Waals surface area contributed by atoms with Gasteiger partial charge in [-0.05, 0) is 171 Å². The molecule has 766 valence electrons. The Hall–Kier alpha value is -8.95. The van der Waals surface area contributed by atoms with Crippen molar-refractivity contribution in [3.63, 3.8) is 0 Å². The maximum atomic E-state index is 12.5. The van der Waals surface area contributed by atoms with E-state index < -0.39 is 101 Å². The minimum absolute atomic E-state index is 0. The number of aromatic amines is 3. The molecular formula is C77H100Cl9F3LiN27O18S5. The van der Waals surface area contributed by atoms with Gasteiger partial charge in [0, 0.05) is 53.4 Å². The summed E-state index contributed by atoms with van der Waals surface area (Å²) in [6.45, 7) is 26.4. The molecule has 0 fully saturated rings. The van der Waals surface area contributed by atoms with Crippen LogP contribution >= 0.6 is 104 Å². The number of carbonyl (C=O) groups is 1. The second-order valence-corrected chi connectivity index (χ2v) is 45.1. The van der Waals surface area contributed by atoms with E-state index in [-0.39, 0.29) is 129 Å². The molecular weight excluding hydrogens is 2130 g/mol. The van der Waals surface area contributed by atoms with Crippen LogP contribution in [0, 0.1) is 0 Å². The Labute approximate surface area is 858 Å². The number of sulfonamides is 5. The number of aromatic nitrogens is 18. The van der Waals surface area contributed by atoms with Gasteiger partial charge in [-0.15, -0.1) is 0 Å². The third kappa shape index (κ3) is 42.9. The van der Waals surface area contributed by atoms with Crippen LogP contribution in [0.4, 0.5) is 25.1 Å². The van der Waals surface area contributed by atoms with Crippen LogP contribution in [0.15, 0.2) is 111 Å². The van der Waals surface area contributed by atoms with Gasteiger partial charge in [0.15, 0.2) is 16.6 Å². The molecule has 9 aromatic heterocycles. The molecule has 0 radical (unpaired) electrons. The monoisotopic (exact) mass is 2230 g/mol. The van der Waals surface area contributed by atoms with Crippen molar-refractivity contribution in [1.82, 2.24) is 108 Å². The Morgan fingerprint density at radius 3 is 1.14 bits per heavy atom. The molecule has 63 heteroatoms. The SMILES string of the molecule is C=CS(=O)(=O)NC(C)(C)C.CC(C)(C)NS(=O)(=O)CCn1ncc2nc(Cl)[nH]c(=O)c21.CC(C)(C)NS(=O)(=O)CCn1ncc2nc(NCc3ccc(Cl)c(Cl)c3)[nH]c(=O)c21.COc1nc(Cl)nc2c1CN=C2.COc1nc(Cl)nc2cnn(CCS(=O)(=O)NC(C)(C)C)c12.NCc1ccc(Cl)c(Cl)c1.NS(=O)(=O)CCn1ncc2nc(NCc3ccc(Cl)c(Cl)c3)[nH]c(=O)c21.O.O=CC(F)(F)F.[Li+].[OH-]. The van der Waals surface area contributed by atoms with Crippen LogP contribution in [-0.2, 0) is 107 Å². The number of anilines is 2. The average molecular weight is 2240 g/mol. The Balaban J connectivity index is 0.000000426. The van der Waals surface area contributed by atoms with Crippen molar-refractivity contribution in [2.24, 2.45) is 15.9 Å². The summed E-state index contributed by atoms with van der Waals surface area (Å²) in [6.07, 6.45) is 1.66. The molecule has 12 aromatic rings. The first-order valence-corrected chi connectivity index (χ1v) is 51.2. The first-order valence-electron chi connectivity index (χ1n) is 39.5. The Morgan fingerprint density at radius 2 is 0.800 bits per heavy atom. The van der Waals surface area contributed by atoms with E-state index >= 15 is 0 Å². The molecule has 0 saturated heterocycles. The molecule has 16 N–H and O–H groups in total. The van der Waals surface area contributed by atoms with E-state index in [1.165, 1.54) is 50.6 Å². The number of rotatable bonds is 26. The smallest absolute Gasteiger partial charge is 0.870 e. The summed E-state index contributed by atoms with van der Waals surface area (Å²) in [6, 6.07) is 15.8. The summed E-state index contributed by atoms with van der Waals surface area (Å²) in [4.78, 5) is 85.4. The molecule has 45 nitrogen and oxygen atoms in total. The van der Waals surface area contributed by atoms with Crippen molar-refractivity contribution < 1.29 is 99.3 Å². The summed E-state index contributed by atoms with van der Waals surface area (Å²) >= 11 is 52.2. The number of ether oxygens (including phenoxy) is 2. The van der Waals surface area contributed by atoms with E-state index in [2.05, 4.69) is 111 Å². The van der Waals surface area contributed by atoms with Gasteiger partial charge >= 0.3 is 25.0 Å². The second-order valence-electron chi connectivity index (χ2n) is 32.7. The van der Waals surface area contributed by atoms with Gasteiger partial charge < -0.3 is 36.8 Å². The summed E-state index contributed by atoms with van der Waals surface area (Å²) in [7, 11) is -14.4. The van der Waals surface area contributed by atoms with Crippen LogP contribution in [0.2, 0.25) is 46.0 Å². The maximum absolute atomic E-state index is 12.5. The molecule has 13 rings (SSSR count). The number of carbonyl (C=O) groups excluding carboxylic acids is 1. The van der Waals surface area contributed by atoms with Crippen molar-refractivity contribution >= 4 is 223 Å². The van der Waals surface area contributed by atoms with Gasteiger partial charge in [0.25, 0.3) is 16.7 Å². The average Bonchev–Trinajstić information content (AvgIpc) is 1.66. The molecule has 0 spiro atoms. The zero-order valence-electron chi connectivity index (χ0n) is 77.3. The van der Waals surface area contributed by atoms with Crippen molar-refractivity contribution in [3.8, 4) is 11.8 Å². The summed E-state index contributed by atoms with van der Waals surface area (Å²) in [5.41, 5.74) is 8.93. The number of halogens is 12. The van der Waals surface area contributed by atoms with Gasteiger partial charge in [0.2, 0.25) is 95.9 Å². The fraction of sp³-hybridized carbons (Fsp3) is 0.403. The van der Waals surface area contributed by atoms with Crippen molar-refractivity contribution in [2.45, 2.75) is 164 Å². The van der Waals surface area contributed by atoms with E-state index in [9.17, 15) is 69.6 Å². The molecule has 0 unspecified atom stereocenters. The predicted octanol–water partition coefficient (Wildman–Crippen LogP) is 6.90. The van der Waals surface area contributed by atoms with Gasteiger partial charge in [-0.2, -0.15) is 43.5 Å². The van der Waals surface area contributed by atoms with Crippen LogP contribution in [0.1, 0.15) is 111 Å². The second kappa shape index (κ2) is 53.6. The number of nitrogens with zero attached hydrogens (tertiary/aromatic N) is 16. The predicted molar refractivity (Wildman–Crippen MR) is 531 cm³/mol. The third-order valence-corrected chi connectivity index (χ3v) is 26.1. The quantitative estimate of drug-likeness (QED) is 0.0149. The number of benzene rings is 3. The fourth-order valence-corrected chi connectivity index (χ4v) is 18.4. The van der Waals surface area contributed by atoms with Crippen LogP contribution in [0.25, 0.3) is 44.1 Å². The van der Waals surface area contributed by atoms with E-state index in [1.54, 1.807) is 139 Å². The zero-order valence-corrected chi connectivity index (χ0v) is 88.2. The van der Waals surface area contributed by atoms with Gasteiger partial charge in [-0.1, -0.05) is 94.4 Å². The van der Waals surface area contributed by atoms with Crippen LogP contribution in [0.3, 0.4) is 0 Å². The normalized spacial score (nSPS) is 12.1. The Morgan fingerprint density at radius 1 is 0.471 bits per heavy atom. The first kappa shape index (κ1) is 125. The summed E-state index contributed by atoms with van der Waals surface area (Å²) in [5, 5.41) is 31.2. The number of aryl methyl sites for hydroxylation is 4. The molecule has 140 heavy (non-hydrogen) atoms. The number of aldehydes is 1. The number of hydrogen-bond acceptors (Lipinski definition) is 32. The number of fused-ring (bicyclic) bond motifs is 5. The minimum Gasteiger partial charge on any atom is -0.870 e. The maximum Gasteiger partial charge on any atom is 1.00 e. The molecule has 3 aromatic carbocycles. The van der Waals surface area contributed by atoms with E-state index in [0.717, 1.165) is 33.4 Å². The third-order valence-electron chi connectivity index (χ3n) is 16.3. The standard InChI is InChI=1S/C18H22Cl2N6O3S.C14H14Cl2N6O3S.C12H18ClN5O3S.C11H16ClN5O3S.C7H7Cl2N.C7H6ClN3O.C6H13NO2S.C2HF3O.Li.2H2O/c1-18(2,3)25-30(28,29)7-6-26-15-14(10-22-26)23-17(24-16(15)27)21-9-11-4-5-12(19)13(20)8-11;15-9-2-1-8(5-10(9)16)6-18-14-20-11-7-19-22(3-4-26(17,24)25)12(11)13(23)21-14;1-12(2,3)17-22(19,20)6-5-18-9-8(7-14-18)15-11(13)16-10(9)21-4;1-11(2,3)16-21(19,20)5-4-17-8-7(6-13-17)14-10(12)15-9(8)18;8-6-2-1-5(4-10)3-7(6)9;1-12-6-4-2-9-3-5(4)10-7(8)11-6;1-5-10(8,9)7-6(2,3)4;3-2(4,5)1-6;;;/h4-5,8,10,25H,6-7,9H2,1-3H3,(H2,21,23,24,27);1-2,5,7H,3-4,6H2,(H2,17,24,25)(H2,18,20,21,23);7,17H,5-6H2,1-4H3;6,16H,4-5H2,1-3H3,(H,14,15,18);1-3H,4,10H2;3H,2H2,1H3;5,7H,1H2,2-4H3;1H;;2*1H2/q;;;;;;;;+1;;/p-1. The number of H-pyrrole nitrogens is 3. The summed E-state index contributed by atoms with van der Waals surface area (Å²) < 4.78 is 173. The van der Waals surface area contributed by atoms with Crippen molar-refractivity contribution in [2.75, 3.05) is 47.9 Å². The van der Waals surface area contributed by atoms with Crippen LogP contribution in [0.5, 0.6) is 11.8 Å². The van der Waals surface area contributed by atoms with Crippen molar-refractivity contribution in [3.05, 3.63) is 196 Å². The number of hydrogen-bond donors (Lipinski definition) is 11. The number of nitrogens with two attached hydrogens (primary N) is 2. The largest absolute Gasteiger partial charge is 1.00 e. The molecule has 0 bridgehead atoms. The minimum atomic E-state index is -4.64. The van der Waals surface area contributed by atoms with E-state index in [1.807, 2.05) is 12.1 Å². The number of primary sulfonamides is 1. The molecule has 0 amide bonds. The number of nitrogens with one attached hydrogen (secondary N) is 9. The number of aliphatic imine (C=N–C) groups is 1. The van der Waals surface area contributed by atoms with E-state index in [4.69, 9.17) is 130 Å². The van der Waals surface area contributed by atoms with Crippen LogP contribution < -0.4 is 85.4 Å². The van der Waals surface area contributed by atoms with Gasteiger partial charge in [-0.3, -0.25) is 57.8 Å². The van der Waals surface area contributed by atoms with Crippen molar-refractivity contribution in [1.29, 1.82) is 0 Å². The number of alkyl halides is 3. The molecule has 1 aliphatic rings. The molecule has 1 aliphatic heterocycles. The molecule has 10 heterocycles. The Kier molecular flexibility index (Phi) is 47.9. The first-order chi connectivity index (χ1) is 63.2. The Bertz CT molecular complexity index is 7130. The van der Waals surface area contributed by atoms with Gasteiger partial charge in [0.05, 0.1) is 136 Å². The fourth-order valence-electron chi connectivity index (χ4n) is 11.2. The molecule has 0 aliphatic carbocycles. The zero-order chi connectivity index (χ0) is 103. The molecule has 0 saturated carbocycles. The summed E-state index contributed by atoms with van der Waals surface area (Å²) in [5.74, 6) is 0.435. The van der Waals surface area contributed by atoms with Gasteiger partial charge in [0.1, 0.15) is 27.6 Å². The van der Waals surface area contributed by atoms with Gasteiger partial charge in [-0.25, -0.2) is 91.0 Å². The van der Waals surface area contributed by atoms with Crippen LogP contribution in [-0.4, -0.2) is 220 Å². The topological polar surface area (TPSA) is 664 Å².